The minimum atomic E-state index is -1.98. The van der Waals surface area contributed by atoms with Gasteiger partial charge in [-0.25, -0.2) is 0 Å². The Kier molecular flexibility index (Phi) is 43.9. The summed E-state index contributed by atoms with van der Waals surface area (Å²) in [7, 11) is 0. The molecule has 17 unspecified atom stereocenters. The molecule has 3 aliphatic heterocycles. The first-order valence-electron chi connectivity index (χ1n) is 33.6. The molecule has 3 rings (SSSR count). The lowest BCUT2D eigenvalue weighted by atomic mass is 9.96. The third-order valence-corrected chi connectivity index (χ3v) is 17.0. The van der Waals surface area contributed by atoms with Gasteiger partial charge in [-0.15, -0.1) is 0 Å². The number of ether oxygens (including phenoxy) is 6. The highest BCUT2D eigenvalue weighted by atomic mass is 16.8. The standard InChI is InChI=1S/C65H121NO18/c1-3-5-7-9-11-13-15-17-19-21-23-25-27-29-31-33-35-37-39-41-43-53(71)66-48(49(70)42-40-38-36-34-32-30-28-26-24-22-20-18-16-14-12-10-8-6-4-2)47-79-63-59(77)56(74)61(51(45-68)81-63)84-65-60(78)57(75)62(52(46-69)82-65)83-64-58(76)55(73)54(72)50(44-67)80-64/h32,34,40,42,48-52,54-65,67-70,72-78H,3-31,33,35-39,41,43-47H2,1-2H3,(H,66,71)/b34-32+,42-40+. The number of carbonyl (C=O) groups excluding carboxylic acids is 1. The van der Waals surface area contributed by atoms with E-state index in [1.54, 1.807) is 6.08 Å². The van der Waals surface area contributed by atoms with Gasteiger partial charge < -0.3 is 89.9 Å². The zero-order chi connectivity index (χ0) is 61.2. The molecule has 0 spiro atoms. The summed E-state index contributed by atoms with van der Waals surface area (Å²) in [6, 6.07) is -0.986. The Balaban J connectivity index is 1.47. The average molecular weight is 1200 g/mol. The topological polar surface area (TPSA) is 307 Å². The fourth-order valence-corrected chi connectivity index (χ4v) is 11.5. The van der Waals surface area contributed by atoms with Gasteiger partial charge in [0.25, 0.3) is 0 Å². The van der Waals surface area contributed by atoms with E-state index in [0.29, 0.717) is 12.8 Å². The number of carbonyl (C=O) groups is 1. The molecule has 0 aromatic rings. The SMILES string of the molecule is CCCCCCCCCCCCCCC/C=C/CC/C=C/C(O)C(COC1OC(CO)C(OC2OC(CO)C(OC3OC(CO)C(O)C(O)C3O)C(O)C2O)C(O)C1O)NC(=O)CCCCCCCCCCCCCCCCCCCCCC. The number of hydrogen-bond donors (Lipinski definition) is 12. The van der Waals surface area contributed by atoms with Crippen LogP contribution in [0.5, 0.6) is 0 Å². The molecule has 19 nitrogen and oxygen atoms in total. The van der Waals surface area contributed by atoms with Crippen LogP contribution < -0.4 is 5.32 Å². The molecule has 0 bridgehead atoms. The van der Waals surface area contributed by atoms with E-state index in [2.05, 4.69) is 31.3 Å². The van der Waals surface area contributed by atoms with Gasteiger partial charge in [0.2, 0.25) is 5.91 Å². The molecule has 494 valence electrons. The second-order valence-corrected chi connectivity index (χ2v) is 24.3. The quantitative estimate of drug-likeness (QED) is 0.0204. The molecule has 3 aliphatic rings. The Morgan fingerprint density at radius 3 is 1.19 bits per heavy atom. The fourth-order valence-electron chi connectivity index (χ4n) is 11.5. The van der Waals surface area contributed by atoms with Gasteiger partial charge in [-0.1, -0.05) is 237 Å². The van der Waals surface area contributed by atoms with Crippen LogP contribution in [0.2, 0.25) is 0 Å². The highest BCUT2D eigenvalue weighted by Gasteiger charge is 2.53. The van der Waals surface area contributed by atoms with Crippen molar-refractivity contribution in [2.75, 3.05) is 26.4 Å². The first-order chi connectivity index (χ1) is 40.8. The van der Waals surface area contributed by atoms with E-state index >= 15 is 0 Å². The summed E-state index contributed by atoms with van der Waals surface area (Å²) >= 11 is 0. The maximum atomic E-state index is 13.4. The van der Waals surface area contributed by atoms with Crippen LogP contribution in [0.15, 0.2) is 24.3 Å². The average Bonchev–Trinajstić information content (AvgIpc) is 2.98. The number of nitrogens with one attached hydrogen (secondary N) is 1. The van der Waals surface area contributed by atoms with Crippen molar-refractivity contribution in [3.8, 4) is 0 Å². The monoisotopic (exact) mass is 1200 g/mol. The number of aliphatic hydroxyl groups is 11. The van der Waals surface area contributed by atoms with Crippen molar-refractivity contribution in [3.05, 3.63) is 24.3 Å². The second kappa shape index (κ2) is 48.2. The summed E-state index contributed by atoms with van der Waals surface area (Å²) < 4.78 is 34.3. The summed E-state index contributed by atoms with van der Waals surface area (Å²) in [6.07, 6.45) is 25.8. The minimum absolute atomic E-state index is 0.240. The number of unbranched alkanes of at least 4 members (excludes halogenated alkanes) is 33. The molecule has 0 aromatic heterocycles. The zero-order valence-corrected chi connectivity index (χ0v) is 51.9. The van der Waals surface area contributed by atoms with E-state index in [-0.39, 0.29) is 18.9 Å². The predicted octanol–water partition coefficient (Wildman–Crippen LogP) is 7.88. The van der Waals surface area contributed by atoms with Crippen molar-refractivity contribution < 1.29 is 89.4 Å². The smallest absolute Gasteiger partial charge is 0.220 e. The van der Waals surface area contributed by atoms with Crippen molar-refractivity contribution in [1.29, 1.82) is 0 Å². The van der Waals surface area contributed by atoms with Crippen molar-refractivity contribution in [2.24, 2.45) is 0 Å². The maximum absolute atomic E-state index is 13.4. The van der Waals surface area contributed by atoms with Crippen LogP contribution in [0.4, 0.5) is 0 Å². The van der Waals surface area contributed by atoms with Gasteiger partial charge in [0, 0.05) is 6.42 Å². The van der Waals surface area contributed by atoms with Crippen LogP contribution in [-0.2, 0) is 33.2 Å². The highest BCUT2D eigenvalue weighted by Crippen LogP contribution is 2.33. The van der Waals surface area contributed by atoms with Crippen molar-refractivity contribution in [2.45, 2.75) is 356 Å². The lowest BCUT2D eigenvalue weighted by Gasteiger charge is -2.48. The largest absolute Gasteiger partial charge is 0.394 e. The number of rotatable bonds is 51. The second-order valence-electron chi connectivity index (χ2n) is 24.3. The van der Waals surface area contributed by atoms with Gasteiger partial charge >= 0.3 is 0 Å². The van der Waals surface area contributed by atoms with Gasteiger partial charge in [0.05, 0.1) is 38.6 Å². The van der Waals surface area contributed by atoms with Gasteiger partial charge in [0.1, 0.15) is 73.2 Å². The maximum Gasteiger partial charge on any atom is 0.220 e. The first kappa shape index (κ1) is 76.5. The van der Waals surface area contributed by atoms with Crippen LogP contribution in [-0.4, -0.2) is 193 Å². The third kappa shape index (κ3) is 30.7. The molecule has 17 atom stereocenters. The van der Waals surface area contributed by atoms with Gasteiger partial charge in [-0.3, -0.25) is 4.79 Å². The van der Waals surface area contributed by atoms with Crippen LogP contribution in [0.25, 0.3) is 0 Å². The fraction of sp³-hybridized carbons (Fsp3) is 0.923. The summed E-state index contributed by atoms with van der Waals surface area (Å²) in [4.78, 5) is 13.4. The summed E-state index contributed by atoms with van der Waals surface area (Å²) in [5.41, 5.74) is 0. The molecule has 0 saturated carbocycles. The van der Waals surface area contributed by atoms with Crippen molar-refractivity contribution >= 4 is 5.91 Å². The first-order valence-corrected chi connectivity index (χ1v) is 33.6. The normalized spacial score (nSPS) is 29.3. The molecule has 19 heteroatoms. The summed E-state index contributed by atoms with van der Waals surface area (Å²) in [5, 5.41) is 120. The molecule has 0 radical (unpaired) electrons. The lowest BCUT2D eigenvalue weighted by Crippen LogP contribution is -2.66. The Morgan fingerprint density at radius 1 is 0.417 bits per heavy atom. The molecule has 84 heavy (non-hydrogen) atoms. The molecule has 3 heterocycles. The minimum Gasteiger partial charge on any atom is -0.394 e. The molecule has 0 aliphatic carbocycles. The molecule has 0 aromatic carbocycles. The molecule has 3 saturated heterocycles. The van der Waals surface area contributed by atoms with Crippen LogP contribution >= 0.6 is 0 Å². The Bertz CT molecular complexity index is 1630. The third-order valence-electron chi connectivity index (χ3n) is 17.0. The number of allylic oxidation sites excluding steroid dienone is 3. The zero-order valence-electron chi connectivity index (χ0n) is 51.9. The van der Waals surface area contributed by atoms with E-state index < -0.39 is 124 Å². The lowest BCUT2D eigenvalue weighted by molar-refractivity contribution is -0.379. The Labute approximate surface area is 505 Å². The van der Waals surface area contributed by atoms with Gasteiger partial charge in [-0.05, 0) is 32.1 Å². The molecule has 3 fully saturated rings. The predicted molar refractivity (Wildman–Crippen MR) is 323 cm³/mol. The number of hydrogen-bond acceptors (Lipinski definition) is 18. The van der Waals surface area contributed by atoms with E-state index in [0.717, 1.165) is 38.5 Å². The van der Waals surface area contributed by atoms with Crippen LogP contribution in [0, 0.1) is 0 Å². The van der Waals surface area contributed by atoms with Crippen LogP contribution in [0.3, 0.4) is 0 Å². The molecule has 12 N–H and O–H groups in total. The van der Waals surface area contributed by atoms with Gasteiger partial charge in [-0.2, -0.15) is 0 Å². The van der Waals surface area contributed by atoms with E-state index in [1.165, 1.54) is 180 Å². The summed E-state index contributed by atoms with van der Waals surface area (Å²) in [6.45, 7) is 1.74. The van der Waals surface area contributed by atoms with Crippen LogP contribution in [0.1, 0.15) is 251 Å². The number of amides is 1. The van der Waals surface area contributed by atoms with Crippen molar-refractivity contribution in [3.63, 3.8) is 0 Å². The van der Waals surface area contributed by atoms with E-state index in [1.807, 2.05) is 6.08 Å². The highest BCUT2D eigenvalue weighted by molar-refractivity contribution is 5.76. The number of aliphatic hydroxyl groups excluding tert-OH is 11. The van der Waals surface area contributed by atoms with E-state index in [4.69, 9.17) is 28.4 Å². The van der Waals surface area contributed by atoms with E-state index in [9.17, 15) is 61.0 Å². The summed E-state index contributed by atoms with van der Waals surface area (Å²) in [5.74, 6) is -0.281. The van der Waals surface area contributed by atoms with Gasteiger partial charge in [0.15, 0.2) is 18.9 Å². The Hall–Kier alpha value is -1.73. The van der Waals surface area contributed by atoms with Crippen molar-refractivity contribution in [1.82, 2.24) is 5.32 Å². The molecular weight excluding hydrogens is 1080 g/mol. The molecule has 1 amide bonds. The Morgan fingerprint density at radius 2 is 0.762 bits per heavy atom. The molecular formula is C65H121NO18.